The predicted octanol–water partition coefficient (Wildman–Crippen LogP) is 2.41. The van der Waals surface area contributed by atoms with Gasteiger partial charge < -0.3 is 16.0 Å². The number of hydrogen-bond acceptors (Lipinski definition) is 2. The molecule has 120 valence electrons. The summed E-state index contributed by atoms with van der Waals surface area (Å²) in [5.74, 6) is -0.0767. The lowest BCUT2D eigenvalue weighted by molar-refractivity contribution is -0.137. The van der Waals surface area contributed by atoms with Gasteiger partial charge in [0.15, 0.2) is 0 Å². The monoisotopic (exact) mass is 315 g/mol. The van der Waals surface area contributed by atoms with Crippen molar-refractivity contribution in [3.63, 3.8) is 0 Å². The number of alkyl halides is 3. The molecule has 22 heavy (non-hydrogen) atoms. The molecule has 0 aromatic heterocycles. The van der Waals surface area contributed by atoms with E-state index in [-0.39, 0.29) is 17.6 Å². The second-order valence-electron chi connectivity index (χ2n) is 5.17. The normalized spacial score (nSPS) is 18.5. The zero-order chi connectivity index (χ0) is 16.3. The standard InChI is InChI=1S/C14H16F3N3O2/c1-8-2-3-9(14(15,16)17)6-11(8)20-13(22)19-10-4-5-12(21)18-7-10/h2-3,6,10H,4-5,7H2,1H3,(H,18,21)(H2,19,20,22)/t10-/m1/s1. The molecule has 3 amide bonds. The van der Waals surface area contributed by atoms with E-state index in [1.807, 2.05) is 0 Å². The molecular formula is C14H16F3N3O2. The van der Waals surface area contributed by atoms with Crippen molar-refractivity contribution >= 4 is 17.6 Å². The average molecular weight is 315 g/mol. The quantitative estimate of drug-likeness (QED) is 0.784. The summed E-state index contributed by atoms with van der Waals surface area (Å²) in [5.41, 5.74) is -0.189. The third-order valence-electron chi connectivity index (χ3n) is 3.41. The van der Waals surface area contributed by atoms with E-state index in [4.69, 9.17) is 0 Å². The Labute approximate surface area is 125 Å². The lowest BCUT2D eigenvalue weighted by Gasteiger charge is -2.23. The Morgan fingerprint density at radius 1 is 1.36 bits per heavy atom. The van der Waals surface area contributed by atoms with Crippen LogP contribution in [0, 0.1) is 6.92 Å². The minimum atomic E-state index is -4.46. The van der Waals surface area contributed by atoms with Crippen molar-refractivity contribution in [2.24, 2.45) is 0 Å². The van der Waals surface area contributed by atoms with E-state index in [0.29, 0.717) is 24.9 Å². The molecule has 1 fully saturated rings. The van der Waals surface area contributed by atoms with E-state index in [1.165, 1.54) is 6.07 Å². The third kappa shape index (κ3) is 4.12. The number of anilines is 1. The Morgan fingerprint density at radius 2 is 2.09 bits per heavy atom. The summed E-state index contributed by atoms with van der Waals surface area (Å²) in [5, 5.41) is 7.66. The predicted molar refractivity (Wildman–Crippen MR) is 74.4 cm³/mol. The number of piperidine rings is 1. The smallest absolute Gasteiger partial charge is 0.354 e. The van der Waals surface area contributed by atoms with Crippen LogP contribution in [0.5, 0.6) is 0 Å². The van der Waals surface area contributed by atoms with Crippen molar-refractivity contribution in [3.05, 3.63) is 29.3 Å². The number of carbonyl (C=O) groups excluding carboxylic acids is 2. The SMILES string of the molecule is Cc1ccc(C(F)(F)F)cc1NC(=O)N[C@@H]1CCC(=O)NC1. The molecule has 0 bridgehead atoms. The molecule has 0 aliphatic carbocycles. The van der Waals surface area contributed by atoms with Crippen LogP contribution >= 0.6 is 0 Å². The number of amides is 3. The molecule has 1 aliphatic heterocycles. The van der Waals surface area contributed by atoms with Gasteiger partial charge in [0.1, 0.15) is 0 Å². The Kier molecular flexibility index (Phi) is 4.58. The van der Waals surface area contributed by atoms with E-state index < -0.39 is 17.8 Å². The fourth-order valence-corrected chi connectivity index (χ4v) is 2.13. The number of hydrogen-bond donors (Lipinski definition) is 3. The number of benzene rings is 1. The maximum atomic E-state index is 12.7. The number of halogens is 3. The summed E-state index contributed by atoms with van der Waals surface area (Å²) in [6, 6.07) is 2.35. The van der Waals surface area contributed by atoms with Crippen LogP contribution in [0.1, 0.15) is 24.0 Å². The van der Waals surface area contributed by atoms with Gasteiger partial charge in [-0.2, -0.15) is 13.2 Å². The second-order valence-corrected chi connectivity index (χ2v) is 5.17. The first-order valence-corrected chi connectivity index (χ1v) is 6.78. The van der Waals surface area contributed by atoms with Crippen LogP contribution in [0.25, 0.3) is 0 Å². The van der Waals surface area contributed by atoms with Crippen molar-refractivity contribution in [2.75, 3.05) is 11.9 Å². The van der Waals surface area contributed by atoms with Crippen LogP contribution in [0.3, 0.4) is 0 Å². The summed E-state index contributed by atoms with van der Waals surface area (Å²) in [6.07, 6.45) is -3.65. The van der Waals surface area contributed by atoms with Crippen molar-refractivity contribution in [1.29, 1.82) is 0 Å². The highest BCUT2D eigenvalue weighted by molar-refractivity contribution is 5.90. The molecule has 2 rings (SSSR count). The number of nitrogens with one attached hydrogen (secondary N) is 3. The first kappa shape index (κ1) is 16.1. The van der Waals surface area contributed by atoms with Gasteiger partial charge in [-0.25, -0.2) is 4.79 Å². The van der Waals surface area contributed by atoms with Crippen molar-refractivity contribution in [2.45, 2.75) is 32.0 Å². The molecule has 1 aliphatic rings. The van der Waals surface area contributed by atoms with Gasteiger partial charge in [0.25, 0.3) is 0 Å². The van der Waals surface area contributed by atoms with Crippen LogP contribution < -0.4 is 16.0 Å². The van der Waals surface area contributed by atoms with Crippen LogP contribution in [0.2, 0.25) is 0 Å². The number of carbonyl (C=O) groups is 2. The Balaban J connectivity index is 2.00. The first-order valence-electron chi connectivity index (χ1n) is 6.78. The molecule has 1 saturated heterocycles. The highest BCUT2D eigenvalue weighted by Crippen LogP contribution is 2.32. The van der Waals surface area contributed by atoms with Gasteiger partial charge in [0, 0.05) is 24.7 Å². The Bertz CT molecular complexity index is 577. The highest BCUT2D eigenvalue weighted by Gasteiger charge is 2.31. The molecule has 1 aromatic rings. The molecule has 0 saturated carbocycles. The summed E-state index contributed by atoms with van der Waals surface area (Å²) in [7, 11) is 0. The molecular weight excluding hydrogens is 299 g/mol. The fraction of sp³-hybridized carbons (Fsp3) is 0.429. The summed E-state index contributed by atoms with van der Waals surface area (Å²) in [6.45, 7) is 1.92. The summed E-state index contributed by atoms with van der Waals surface area (Å²) >= 11 is 0. The first-order chi connectivity index (χ1) is 10.3. The van der Waals surface area contributed by atoms with E-state index in [1.54, 1.807) is 6.92 Å². The Morgan fingerprint density at radius 3 is 2.68 bits per heavy atom. The molecule has 1 aromatic carbocycles. The second kappa shape index (κ2) is 6.25. The van der Waals surface area contributed by atoms with Crippen molar-refractivity contribution < 1.29 is 22.8 Å². The van der Waals surface area contributed by atoms with Gasteiger partial charge in [-0.15, -0.1) is 0 Å². The minimum Gasteiger partial charge on any atom is -0.354 e. The highest BCUT2D eigenvalue weighted by atomic mass is 19.4. The van der Waals surface area contributed by atoms with Gasteiger partial charge in [-0.3, -0.25) is 4.79 Å². The molecule has 3 N–H and O–H groups in total. The lowest BCUT2D eigenvalue weighted by atomic mass is 10.1. The van der Waals surface area contributed by atoms with Gasteiger partial charge in [-0.05, 0) is 31.0 Å². The van der Waals surface area contributed by atoms with Gasteiger partial charge in [-0.1, -0.05) is 6.07 Å². The number of aryl methyl sites for hydroxylation is 1. The van der Waals surface area contributed by atoms with Gasteiger partial charge in [0.2, 0.25) is 5.91 Å². The number of rotatable bonds is 2. The van der Waals surface area contributed by atoms with E-state index in [2.05, 4.69) is 16.0 Å². The molecule has 0 radical (unpaired) electrons. The lowest BCUT2D eigenvalue weighted by Crippen LogP contribution is -2.48. The van der Waals surface area contributed by atoms with Crippen LogP contribution in [0.15, 0.2) is 18.2 Å². The van der Waals surface area contributed by atoms with E-state index in [0.717, 1.165) is 12.1 Å². The topological polar surface area (TPSA) is 70.2 Å². The molecule has 0 unspecified atom stereocenters. The summed E-state index contributed by atoms with van der Waals surface area (Å²) < 4.78 is 38.0. The zero-order valence-electron chi connectivity index (χ0n) is 11.9. The number of urea groups is 1. The molecule has 1 atom stereocenters. The largest absolute Gasteiger partial charge is 0.416 e. The molecule has 5 nitrogen and oxygen atoms in total. The fourth-order valence-electron chi connectivity index (χ4n) is 2.13. The van der Waals surface area contributed by atoms with Crippen molar-refractivity contribution in [1.82, 2.24) is 10.6 Å². The average Bonchev–Trinajstić information content (AvgIpc) is 2.42. The minimum absolute atomic E-state index is 0.0767. The Hall–Kier alpha value is -2.25. The molecule has 8 heteroatoms. The summed E-state index contributed by atoms with van der Waals surface area (Å²) in [4.78, 5) is 22.9. The van der Waals surface area contributed by atoms with Crippen LogP contribution in [0.4, 0.5) is 23.7 Å². The van der Waals surface area contributed by atoms with Crippen molar-refractivity contribution in [3.8, 4) is 0 Å². The third-order valence-corrected chi connectivity index (χ3v) is 3.41. The maximum absolute atomic E-state index is 12.7. The molecule has 1 heterocycles. The molecule has 0 spiro atoms. The van der Waals surface area contributed by atoms with Crippen LogP contribution in [-0.4, -0.2) is 24.5 Å². The van der Waals surface area contributed by atoms with E-state index in [9.17, 15) is 22.8 Å². The van der Waals surface area contributed by atoms with Gasteiger partial charge in [0.05, 0.1) is 5.56 Å². The van der Waals surface area contributed by atoms with Crippen LogP contribution in [-0.2, 0) is 11.0 Å². The van der Waals surface area contributed by atoms with E-state index >= 15 is 0 Å². The zero-order valence-corrected chi connectivity index (χ0v) is 11.9. The van der Waals surface area contributed by atoms with Gasteiger partial charge >= 0.3 is 12.2 Å². The maximum Gasteiger partial charge on any atom is 0.416 e.